The second-order valence-electron chi connectivity index (χ2n) is 3.83. The summed E-state index contributed by atoms with van der Waals surface area (Å²) in [6.07, 6.45) is 4.95. The molecule has 0 radical (unpaired) electrons. The summed E-state index contributed by atoms with van der Waals surface area (Å²) >= 11 is 3.54. The topological polar surface area (TPSA) is 47.3 Å². The minimum atomic E-state index is 0.124. The van der Waals surface area contributed by atoms with E-state index in [-0.39, 0.29) is 6.04 Å². The highest BCUT2D eigenvalue weighted by molar-refractivity contribution is 9.10. The molecule has 3 N–H and O–H groups in total. The molecule has 0 fully saturated rings. The zero-order valence-electron chi connectivity index (χ0n) is 10.1. The van der Waals surface area contributed by atoms with E-state index in [1.54, 1.807) is 7.11 Å². The van der Waals surface area contributed by atoms with Crippen molar-refractivity contribution in [2.75, 3.05) is 7.11 Å². The first-order valence-corrected chi connectivity index (χ1v) is 6.42. The molecular formula is C13H19BrN2O. The molecule has 94 valence electrons. The molecule has 0 aliphatic carbocycles. The van der Waals surface area contributed by atoms with Crippen molar-refractivity contribution in [3.05, 3.63) is 40.9 Å². The van der Waals surface area contributed by atoms with Crippen LogP contribution in [0.4, 0.5) is 0 Å². The first-order valence-electron chi connectivity index (χ1n) is 5.63. The van der Waals surface area contributed by atoms with Crippen molar-refractivity contribution in [3.63, 3.8) is 0 Å². The van der Waals surface area contributed by atoms with Crippen molar-refractivity contribution in [1.29, 1.82) is 0 Å². The van der Waals surface area contributed by atoms with Crippen LogP contribution >= 0.6 is 15.9 Å². The van der Waals surface area contributed by atoms with Crippen LogP contribution in [0, 0.1) is 0 Å². The van der Waals surface area contributed by atoms with Gasteiger partial charge in [0.2, 0.25) is 0 Å². The lowest BCUT2D eigenvalue weighted by Crippen LogP contribution is -2.28. The molecule has 1 unspecified atom stereocenters. The van der Waals surface area contributed by atoms with Crippen LogP contribution in [0.5, 0.6) is 5.75 Å². The van der Waals surface area contributed by atoms with Crippen LogP contribution < -0.4 is 16.0 Å². The van der Waals surface area contributed by atoms with Crippen molar-refractivity contribution < 1.29 is 4.74 Å². The number of nitrogens with two attached hydrogens (primary N) is 1. The Balaban J connectivity index is 2.82. The molecule has 4 heteroatoms. The smallest absolute Gasteiger partial charge is 0.119 e. The van der Waals surface area contributed by atoms with E-state index in [0.29, 0.717) is 0 Å². The minimum absolute atomic E-state index is 0.124. The van der Waals surface area contributed by atoms with E-state index < -0.39 is 0 Å². The summed E-state index contributed by atoms with van der Waals surface area (Å²) < 4.78 is 6.27. The number of unbranched alkanes of at least 4 members (excludes halogenated alkanes) is 1. The summed E-state index contributed by atoms with van der Waals surface area (Å²) in [4.78, 5) is 0. The van der Waals surface area contributed by atoms with Crippen molar-refractivity contribution >= 4 is 15.9 Å². The van der Waals surface area contributed by atoms with Crippen LogP contribution in [-0.4, -0.2) is 7.11 Å². The van der Waals surface area contributed by atoms with E-state index in [2.05, 4.69) is 27.9 Å². The molecule has 1 aromatic rings. The van der Waals surface area contributed by atoms with Gasteiger partial charge in [-0.25, -0.2) is 0 Å². The molecule has 0 amide bonds. The van der Waals surface area contributed by atoms with E-state index in [9.17, 15) is 0 Å². The van der Waals surface area contributed by atoms with Gasteiger partial charge in [-0.15, -0.1) is 6.58 Å². The molecule has 0 bridgehead atoms. The standard InChI is InChI=1S/C13H19BrN2O/c1-3-4-5-6-13(16-15)11-9-10(17-2)7-8-12(11)14/h3,7-9,13,16H,1,4-6,15H2,2H3. The van der Waals surface area contributed by atoms with E-state index in [1.807, 2.05) is 24.3 Å². The van der Waals surface area contributed by atoms with Crippen LogP contribution in [0.25, 0.3) is 0 Å². The Morgan fingerprint density at radius 2 is 2.35 bits per heavy atom. The molecule has 0 saturated heterocycles. The maximum Gasteiger partial charge on any atom is 0.119 e. The Morgan fingerprint density at radius 3 is 2.94 bits per heavy atom. The van der Waals surface area contributed by atoms with Gasteiger partial charge in [-0.1, -0.05) is 22.0 Å². The predicted octanol–water partition coefficient (Wildman–Crippen LogP) is 3.32. The maximum absolute atomic E-state index is 5.61. The minimum Gasteiger partial charge on any atom is -0.497 e. The Kier molecular flexibility index (Phi) is 6.26. The highest BCUT2D eigenvalue weighted by Crippen LogP contribution is 2.30. The number of hydrazine groups is 1. The van der Waals surface area contributed by atoms with Gasteiger partial charge in [0.05, 0.1) is 7.11 Å². The molecule has 0 aliphatic heterocycles. The quantitative estimate of drug-likeness (QED) is 0.351. The fraction of sp³-hybridized carbons (Fsp3) is 0.385. The normalized spacial score (nSPS) is 12.2. The number of methoxy groups -OCH3 is 1. The first-order chi connectivity index (χ1) is 8.22. The second kappa shape index (κ2) is 7.48. The summed E-state index contributed by atoms with van der Waals surface area (Å²) in [7, 11) is 1.66. The molecule has 0 aromatic heterocycles. The Hall–Kier alpha value is -0.840. The zero-order chi connectivity index (χ0) is 12.7. The average Bonchev–Trinajstić information content (AvgIpc) is 2.36. The summed E-state index contributed by atoms with van der Waals surface area (Å²) in [5.74, 6) is 6.45. The molecular weight excluding hydrogens is 280 g/mol. The molecule has 0 aliphatic rings. The third-order valence-electron chi connectivity index (χ3n) is 2.68. The maximum atomic E-state index is 5.61. The number of nitrogens with one attached hydrogen (secondary N) is 1. The number of ether oxygens (including phenoxy) is 1. The van der Waals surface area contributed by atoms with Gasteiger partial charge in [-0.2, -0.15) is 0 Å². The zero-order valence-corrected chi connectivity index (χ0v) is 11.7. The number of halogens is 1. The monoisotopic (exact) mass is 298 g/mol. The lowest BCUT2D eigenvalue weighted by atomic mass is 10.0. The van der Waals surface area contributed by atoms with Crippen LogP contribution in [0.15, 0.2) is 35.3 Å². The van der Waals surface area contributed by atoms with Gasteiger partial charge in [0.1, 0.15) is 5.75 Å². The van der Waals surface area contributed by atoms with Crippen LogP contribution in [0.1, 0.15) is 30.9 Å². The Bertz CT molecular complexity index is 368. The highest BCUT2D eigenvalue weighted by atomic mass is 79.9. The average molecular weight is 299 g/mol. The Labute approximate surface area is 111 Å². The van der Waals surface area contributed by atoms with Gasteiger partial charge in [0, 0.05) is 10.5 Å². The number of rotatable bonds is 7. The van der Waals surface area contributed by atoms with Gasteiger partial charge in [-0.05, 0) is 43.0 Å². The molecule has 3 nitrogen and oxygen atoms in total. The van der Waals surface area contributed by atoms with Gasteiger partial charge >= 0.3 is 0 Å². The van der Waals surface area contributed by atoms with E-state index in [4.69, 9.17) is 10.6 Å². The molecule has 1 atom stereocenters. The lowest BCUT2D eigenvalue weighted by molar-refractivity contribution is 0.412. The lowest BCUT2D eigenvalue weighted by Gasteiger charge is -2.18. The third kappa shape index (κ3) is 4.15. The van der Waals surface area contributed by atoms with E-state index in [0.717, 1.165) is 35.0 Å². The van der Waals surface area contributed by atoms with Gasteiger partial charge in [0.25, 0.3) is 0 Å². The summed E-state index contributed by atoms with van der Waals surface area (Å²) in [6.45, 7) is 3.72. The third-order valence-corrected chi connectivity index (χ3v) is 3.40. The van der Waals surface area contributed by atoms with Crippen LogP contribution in [0.2, 0.25) is 0 Å². The summed E-state index contributed by atoms with van der Waals surface area (Å²) in [5, 5.41) is 0. The first kappa shape index (κ1) is 14.2. The van der Waals surface area contributed by atoms with Crippen LogP contribution in [-0.2, 0) is 0 Å². The number of allylic oxidation sites excluding steroid dienone is 1. The van der Waals surface area contributed by atoms with E-state index >= 15 is 0 Å². The molecule has 0 heterocycles. The molecule has 0 saturated carbocycles. The Morgan fingerprint density at radius 1 is 1.59 bits per heavy atom. The largest absolute Gasteiger partial charge is 0.497 e. The predicted molar refractivity (Wildman–Crippen MR) is 74.8 cm³/mol. The fourth-order valence-corrected chi connectivity index (χ4v) is 2.23. The van der Waals surface area contributed by atoms with Crippen molar-refractivity contribution in [2.45, 2.75) is 25.3 Å². The van der Waals surface area contributed by atoms with Gasteiger partial charge < -0.3 is 4.74 Å². The van der Waals surface area contributed by atoms with Crippen molar-refractivity contribution in [1.82, 2.24) is 5.43 Å². The molecule has 0 spiro atoms. The van der Waals surface area contributed by atoms with Crippen molar-refractivity contribution in [2.24, 2.45) is 5.84 Å². The summed E-state index contributed by atoms with van der Waals surface area (Å²) in [6, 6.07) is 6.03. The van der Waals surface area contributed by atoms with Crippen LogP contribution in [0.3, 0.4) is 0 Å². The number of hydrogen-bond donors (Lipinski definition) is 2. The second-order valence-corrected chi connectivity index (χ2v) is 4.68. The molecule has 1 rings (SSSR count). The number of benzene rings is 1. The highest BCUT2D eigenvalue weighted by Gasteiger charge is 2.13. The number of hydrogen-bond acceptors (Lipinski definition) is 3. The summed E-state index contributed by atoms with van der Waals surface area (Å²) in [5.41, 5.74) is 3.97. The van der Waals surface area contributed by atoms with Crippen molar-refractivity contribution in [3.8, 4) is 5.75 Å². The van der Waals surface area contributed by atoms with Gasteiger partial charge in [-0.3, -0.25) is 11.3 Å². The molecule has 1 aromatic carbocycles. The molecule has 17 heavy (non-hydrogen) atoms. The fourth-order valence-electron chi connectivity index (χ4n) is 1.71. The van der Waals surface area contributed by atoms with E-state index in [1.165, 1.54) is 0 Å². The van der Waals surface area contributed by atoms with Gasteiger partial charge in [0.15, 0.2) is 0 Å². The SMILES string of the molecule is C=CCCCC(NN)c1cc(OC)ccc1Br.